The van der Waals surface area contributed by atoms with Crippen LogP contribution in [0.25, 0.3) is 0 Å². The fourth-order valence-electron chi connectivity index (χ4n) is 3.72. The molecule has 4 heteroatoms. The molecule has 1 saturated heterocycles. The molecule has 1 atom stereocenters. The number of rotatable bonds is 3. The smallest absolute Gasteiger partial charge is 0.173 e. The summed E-state index contributed by atoms with van der Waals surface area (Å²) in [7, 11) is 0. The molecule has 2 heterocycles. The van der Waals surface area contributed by atoms with Gasteiger partial charge in [-0.1, -0.05) is 6.92 Å². The molecule has 1 aliphatic carbocycles. The average molecular weight is 277 g/mol. The zero-order chi connectivity index (χ0) is 14.1. The Balaban J connectivity index is 1.77. The van der Waals surface area contributed by atoms with E-state index in [1.165, 1.54) is 21.9 Å². The van der Waals surface area contributed by atoms with Crippen LogP contribution in [0.2, 0.25) is 0 Å². The molecule has 1 unspecified atom stereocenters. The zero-order valence-corrected chi connectivity index (χ0v) is 12.6. The number of quaternary nitrogens is 1. The highest BCUT2D eigenvalue weighted by atomic mass is 16.5. The SMILES string of the molecule is CCc1c(C)[nH]c2c1C(=O)C(C[NH+]1CCOCC1)CC2. The summed E-state index contributed by atoms with van der Waals surface area (Å²) in [4.78, 5) is 17.8. The van der Waals surface area contributed by atoms with Crippen LogP contribution in [0.3, 0.4) is 0 Å². The highest BCUT2D eigenvalue weighted by Gasteiger charge is 2.34. The maximum Gasteiger partial charge on any atom is 0.173 e. The lowest BCUT2D eigenvalue weighted by Crippen LogP contribution is -3.14. The van der Waals surface area contributed by atoms with Gasteiger partial charge >= 0.3 is 0 Å². The molecule has 0 saturated carbocycles. The molecule has 110 valence electrons. The van der Waals surface area contributed by atoms with Gasteiger partial charge in [-0.05, 0) is 31.7 Å². The largest absolute Gasteiger partial charge is 0.370 e. The number of Topliss-reactive ketones (excluding diaryl/α,β-unsaturated/α-hetero) is 1. The zero-order valence-electron chi connectivity index (χ0n) is 12.6. The Morgan fingerprint density at radius 3 is 2.80 bits per heavy atom. The van der Waals surface area contributed by atoms with Crippen molar-refractivity contribution in [3.05, 3.63) is 22.5 Å². The molecule has 1 aromatic rings. The number of nitrogens with one attached hydrogen (secondary N) is 2. The maximum atomic E-state index is 12.8. The van der Waals surface area contributed by atoms with Gasteiger partial charge in [0.05, 0.1) is 25.7 Å². The standard InChI is InChI=1S/C16H24N2O2/c1-3-13-11(2)17-14-5-4-12(16(19)15(13)14)10-18-6-8-20-9-7-18/h12,17H,3-10H2,1-2H3/p+1. The van der Waals surface area contributed by atoms with Gasteiger partial charge in [-0.2, -0.15) is 0 Å². The molecule has 0 spiro atoms. The van der Waals surface area contributed by atoms with Gasteiger partial charge in [0.1, 0.15) is 13.1 Å². The van der Waals surface area contributed by atoms with Crippen LogP contribution in [0.15, 0.2) is 0 Å². The molecule has 0 amide bonds. The van der Waals surface area contributed by atoms with Crippen LogP contribution in [0.5, 0.6) is 0 Å². The highest BCUT2D eigenvalue weighted by Crippen LogP contribution is 2.29. The number of morpholine rings is 1. The lowest BCUT2D eigenvalue weighted by atomic mass is 9.83. The van der Waals surface area contributed by atoms with Crippen LogP contribution >= 0.6 is 0 Å². The third-order valence-corrected chi connectivity index (χ3v) is 4.84. The number of hydrogen-bond acceptors (Lipinski definition) is 2. The Morgan fingerprint density at radius 2 is 2.10 bits per heavy atom. The predicted molar refractivity (Wildman–Crippen MR) is 77.4 cm³/mol. The Hall–Kier alpha value is -1.13. The second-order valence-corrected chi connectivity index (χ2v) is 6.10. The van der Waals surface area contributed by atoms with Gasteiger partial charge in [0.25, 0.3) is 0 Å². The van der Waals surface area contributed by atoms with E-state index in [9.17, 15) is 4.79 Å². The summed E-state index contributed by atoms with van der Waals surface area (Å²) in [6.07, 6.45) is 2.97. The number of hydrogen-bond donors (Lipinski definition) is 2. The van der Waals surface area contributed by atoms with E-state index in [0.29, 0.717) is 5.78 Å². The minimum atomic E-state index is 0.205. The first kappa shape index (κ1) is 13.8. The first-order valence-electron chi connectivity index (χ1n) is 7.86. The summed E-state index contributed by atoms with van der Waals surface area (Å²) < 4.78 is 5.40. The van der Waals surface area contributed by atoms with Crippen molar-refractivity contribution in [2.24, 2.45) is 5.92 Å². The van der Waals surface area contributed by atoms with Crippen molar-refractivity contribution in [2.45, 2.75) is 33.1 Å². The number of ether oxygens (including phenoxy) is 1. The minimum Gasteiger partial charge on any atom is -0.370 e. The van der Waals surface area contributed by atoms with Crippen molar-refractivity contribution in [2.75, 3.05) is 32.8 Å². The predicted octanol–water partition coefficient (Wildman–Crippen LogP) is 0.546. The summed E-state index contributed by atoms with van der Waals surface area (Å²) in [5.74, 6) is 0.586. The van der Waals surface area contributed by atoms with E-state index in [1.54, 1.807) is 0 Å². The van der Waals surface area contributed by atoms with Crippen molar-refractivity contribution in [3.8, 4) is 0 Å². The van der Waals surface area contributed by atoms with Gasteiger partial charge < -0.3 is 14.6 Å². The van der Waals surface area contributed by atoms with Crippen LogP contribution in [0.4, 0.5) is 0 Å². The molecular weight excluding hydrogens is 252 g/mol. The Kier molecular flexibility index (Phi) is 3.94. The number of ketones is 1. The van der Waals surface area contributed by atoms with Gasteiger partial charge in [-0.3, -0.25) is 4.79 Å². The van der Waals surface area contributed by atoms with Gasteiger partial charge in [-0.25, -0.2) is 0 Å². The fraction of sp³-hybridized carbons (Fsp3) is 0.688. The second-order valence-electron chi connectivity index (χ2n) is 6.10. The molecule has 4 nitrogen and oxygen atoms in total. The van der Waals surface area contributed by atoms with Gasteiger partial charge in [0.2, 0.25) is 0 Å². The minimum absolute atomic E-state index is 0.205. The first-order chi connectivity index (χ1) is 9.70. The van der Waals surface area contributed by atoms with E-state index < -0.39 is 0 Å². The van der Waals surface area contributed by atoms with Crippen molar-refractivity contribution in [3.63, 3.8) is 0 Å². The van der Waals surface area contributed by atoms with E-state index in [-0.39, 0.29) is 5.92 Å². The number of fused-ring (bicyclic) bond motifs is 1. The van der Waals surface area contributed by atoms with Crippen LogP contribution in [0, 0.1) is 12.8 Å². The molecule has 1 fully saturated rings. The Bertz CT molecular complexity index is 501. The molecule has 0 aromatic carbocycles. The lowest BCUT2D eigenvalue weighted by molar-refractivity contribution is -0.910. The van der Waals surface area contributed by atoms with Crippen LogP contribution in [-0.4, -0.2) is 43.6 Å². The molecule has 2 N–H and O–H groups in total. The Morgan fingerprint density at radius 1 is 1.35 bits per heavy atom. The molecule has 3 rings (SSSR count). The summed E-state index contributed by atoms with van der Waals surface area (Å²) in [6.45, 7) is 8.98. The van der Waals surface area contributed by atoms with Crippen LogP contribution < -0.4 is 4.90 Å². The number of aromatic amines is 1. The van der Waals surface area contributed by atoms with Crippen molar-refractivity contribution in [1.29, 1.82) is 0 Å². The quantitative estimate of drug-likeness (QED) is 0.847. The van der Waals surface area contributed by atoms with Gasteiger partial charge in [0, 0.05) is 17.0 Å². The van der Waals surface area contributed by atoms with E-state index in [2.05, 4.69) is 18.8 Å². The number of carbonyl (C=O) groups is 1. The Labute approximate surface area is 120 Å². The molecule has 1 aliphatic heterocycles. The summed E-state index contributed by atoms with van der Waals surface area (Å²) in [6, 6.07) is 0. The van der Waals surface area contributed by atoms with E-state index in [0.717, 1.165) is 57.7 Å². The van der Waals surface area contributed by atoms with Gasteiger partial charge in [0.15, 0.2) is 5.78 Å². The molecule has 2 aliphatic rings. The van der Waals surface area contributed by atoms with Gasteiger partial charge in [-0.15, -0.1) is 0 Å². The monoisotopic (exact) mass is 277 g/mol. The second kappa shape index (κ2) is 5.70. The maximum absolute atomic E-state index is 12.8. The number of carbonyl (C=O) groups excluding carboxylic acids is 1. The number of aromatic nitrogens is 1. The van der Waals surface area contributed by atoms with Crippen molar-refractivity contribution in [1.82, 2.24) is 4.98 Å². The van der Waals surface area contributed by atoms with Crippen molar-refractivity contribution >= 4 is 5.78 Å². The first-order valence-corrected chi connectivity index (χ1v) is 7.86. The third-order valence-electron chi connectivity index (χ3n) is 4.84. The molecule has 20 heavy (non-hydrogen) atoms. The topological polar surface area (TPSA) is 46.5 Å². The van der Waals surface area contributed by atoms with E-state index in [1.807, 2.05) is 0 Å². The lowest BCUT2D eigenvalue weighted by Gasteiger charge is -2.29. The van der Waals surface area contributed by atoms with Crippen LogP contribution in [-0.2, 0) is 17.6 Å². The average Bonchev–Trinajstić information content (AvgIpc) is 2.79. The van der Waals surface area contributed by atoms with Crippen molar-refractivity contribution < 1.29 is 14.4 Å². The summed E-state index contributed by atoms with van der Waals surface area (Å²) in [5, 5.41) is 0. The number of aryl methyl sites for hydroxylation is 2. The molecule has 0 bridgehead atoms. The van der Waals surface area contributed by atoms with E-state index in [4.69, 9.17) is 4.74 Å². The van der Waals surface area contributed by atoms with E-state index >= 15 is 0 Å². The normalized spacial score (nSPS) is 23.9. The highest BCUT2D eigenvalue weighted by molar-refractivity contribution is 6.01. The number of H-pyrrole nitrogens is 1. The fourth-order valence-corrected chi connectivity index (χ4v) is 3.72. The summed E-state index contributed by atoms with van der Waals surface area (Å²) in [5.41, 5.74) is 4.63. The third kappa shape index (κ3) is 2.42. The molecule has 0 radical (unpaired) electrons. The summed E-state index contributed by atoms with van der Waals surface area (Å²) >= 11 is 0. The van der Waals surface area contributed by atoms with Crippen LogP contribution in [0.1, 0.15) is 40.7 Å². The molecular formula is C16H25N2O2+. The molecule has 1 aromatic heterocycles.